The number of unbranched alkanes of at least 4 members (excludes halogenated alkanes) is 8. The first-order valence-electron chi connectivity index (χ1n) is 12.9. The van der Waals surface area contributed by atoms with Crippen molar-refractivity contribution in [2.75, 3.05) is 7.11 Å². The number of fused-ring (bicyclic) bond motifs is 1. The van der Waals surface area contributed by atoms with E-state index in [1.54, 1.807) is 43.7 Å². The molecule has 0 atom stereocenters. The first kappa shape index (κ1) is 28.7. The summed E-state index contributed by atoms with van der Waals surface area (Å²) in [5, 5.41) is 5.18. The van der Waals surface area contributed by atoms with Gasteiger partial charge in [0, 0.05) is 16.5 Å². The molecule has 2 aromatic carbocycles. The topological polar surface area (TPSA) is 77.0 Å². The molecule has 0 radical (unpaired) electrons. The molecule has 0 aliphatic rings. The number of hydrazone groups is 1. The van der Waals surface area contributed by atoms with Crippen molar-refractivity contribution >= 4 is 51.1 Å². The molecule has 1 aromatic heterocycles. The summed E-state index contributed by atoms with van der Waals surface area (Å²) in [5.74, 6) is 0.489. The normalized spacial score (nSPS) is 11.2. The van der Waals surface area contributed by atoms with Crippen LogP contribution in [0.15, 0.2) is 47.6 Å². The van der Waals surface area contributed by atoms with Crippen LogP contribution < -0.4 is 14.9 Å². The van der Waals surface area contributed by atoms with E-state index < -0.39 is 5.97 Å². The van der Waals surface area contributed by atoms with E-state index in [-0.39, 0.29) is 5.91 Å². The number of benzene rings is 2. The van der Waals surface area contributed by atoms with Crippen molar-refractivity contribution in [2.45, 2.75) is 71.1 Å². The van der Waals surface area contributed by atoms with Gasteiger partial charge in [-0.3, -0.25) is 4.79 Å². The van der Waals surface area contributed by atoms with E-state index in [0.717, 1.165) is 28.5 Å². The van der Waals surface area contributed by atoms with Crippen molar-refractivity contribution in [3.05, 3.63) is 57.9 Å². The molecule has 1 amide bonds. The smallest absolute Gasteiger partial charge is 0.355 e. The summed E-state index contributed by atoms with van der Waals surface area (Å²) in [6.07, 6.45) is 13.0. The van der Waals surface area contributed by atoms with Crippen LogP contribution in [-0.2, 0) is 4.79 Å². The zero-order chi connectivity index (χ0) is 26.5. The van der Waals surface area contributed by atoms with E-state index in [9.17, 15) is 9.59 Å². The number of ether oxygens (including phenoxy) is 2. The van der Waals surface area contributed by atoms with E-state index >= 15 is 0 Å². The van der Waals surface area contributed by atoms with E-state index in [1.165, 1.54) is 56.3 Å². The Kier molecular flexibility index (Phi) is 11.9. The van der Waals surface area contributed by atoms with Crippen molar-refractivity contribution < 1.29 is 19.1 Å². The van der Waals surface area contributed by atoms with Gasteiger partial charge in [-0.25, -0.2) is 10.2 Å². The van der Waals surface area contributed by atoms with Crippen molar-refractivity contribution in [2.24, 2.45) is 5.10 Å². The van der Waals surface area contributed by atoms with Gasteiger partial charge in [0.05, 0.1) is 18.3 Å². The van der Waals surface area contributed by atoms with Gasteiger partial charge in [0.15, 0.2) is 0 Å². The third-order valence-corrected chi connectivity index (χ3v) is 7.66. The molecule has 6 nitrogen and oxygen atoms in total. The molecule has 37 heavy (non-hydrogen) atoms. The highest BCUT2D eigenvalue weighted by molar-refractivity contribution is 7.21. The summed E-state index contributed by atoms with van der Waals surface area (Å²) in [6, 6.07) is 12.3. The van der Waals surface area contributed by atoms with E-state index in [2.05, 4.69) is 17.5 Å². The molecule has 8 heteroatoms. The van der Waals surface area contributed by atoms with Crippen molar-refractivity contribution in [1.29, 1.82) is 0 Å². The second-order valence-corrected chi connectivity index (χ2v) is 10.4. The Morgan fingerprint density at radius 3 is 2.27 bits per heavy atom. The Morgan fingerprint density at radius 1 is 0.946 bits per heavy atom. The third-order valence-electron chi connectivity index (χ3n) is 6.02. The van der Waals surface area contributed by atoms with Crippen LogP contribution in [0.1, 0.15) is 86.4 Å². The predicted octanol–water partition coefficient (Wildman–Crippen LogP) is 8.15. The molecule has 0 aliphatic heterocycles. The predicted molar refractivity (Wildman–Crippen MR) is 152 cm³/mol. The SMILES string of the molecule is CCCCCCCCCCCC(=O)NN=Cc1ccc(OC(=O)c2sc3cc(OC)ccc3c2Cl)cc1. The number of hydrogen-bond acceptors (Lipinski definition) is 6. The molecular formula is C29H35ClN2O4S. The number of hydrogen-bond donors (Lipinski definition) is 1. The lowest BCUT2D eigenvalue weighted by atomic mass is 10.1. The maximum atomic E-state index is 12.7. The first-order chi connectivity index (χ1) is 18.0. The van der Waals surface area contributed by atoms with Crippen LogP contribution >= 0.6 is 22.9 Å². The molecule has 0 unspecified atom stereocenters. The van der Waals surface area contributed by atoms with E-state index in [0.29, 0.717) is 27.8 Å². The Morgan fingerprint density at radius 2 is 1.59 bits per heavy atom. The summed E-state index contributed by atoms with van der Waals surface area (Å²) in [5.41, 5.74) is 3.35. The van der Waals surface area contributed by atoms with Crippen LogP contribution in [0.3, 0.4) is 0 Å². The molecule has 0 spiro atoms. The molecular weight excluding hydrogens is 508 g/mol. The molecule has 198 valence electrons. The Bertz CT molecular complexity index is 1190. The zero-order valence-electron chi connectivity index (χ0n) is 21.6. The fourth-order valence-corrected chi connectivity index (χ4v) is 5.32. The average Bonchev–Trinajstić information content (AvgIpc) is 3.24. The number of methoxy groups -OCH3 is 1. The minimum absolute atomic E-state index is 0.0809. The lowest BCUT2D eigenvalue weighted by molar-refractivity contribution is -0.121. The Balaban J connectivity index is 1.39. The molecule has 1 N–H and O–H groups in total. The number of rotatable bonds is 15. The lowest BCUT2D eigenvalue weighted by Crippen LogP contribution is -2.16. The summed E-state index contributed by atoms with van der Waals surface area (Å²) >= 11 is 7.68. The molecule has 0 fully saturated rings. The van der Waals surface area contributed by atoms with Crippen LogP contribution in [0, 0.1) is 0 Å². The fourth-order valence-electron chi connectivity index (χ4n) is 3.91. The van der Waals surface area contributed by atoms with Crippen LogP contribution in [0.5, 0.6) is 11.5 Å². The maximum Gasteiger partial charge on any atom is 0.355 e. The minimum atomic E-state index is -0.518. The Labute approximate surface area is 228 Å². The minimum Gasteiger partial charge on any atom is -0.497 e. The standard InChI is InChI=1S/C29H35ClN2O4S/c1-3-4-5-6-7-8-9-10-11-12-26(33)32-31-20-21-13-15-22(16-14-21)36-29(34)28-27(30)24-18-17-23(35-2)19-25(24)37-28/h13-20H,3-12H2,1-2H3,(H,32,33). The molecule has 0 bridgehead atoms. The number of halogens is 1. The zero-order valence-corrected chi connectivity index (χ0v) is 23.1. The second kappa shape index (κ2) is 15.4. The van der Waals surface area contributed by atoms with Crippen molar-refractivity contribution in [3.63, 3.8) is 0 Å². The number of carbonyl (C=O) groups excluding carboxylic acids is 2. The van der Waals surface area contributed by atoms with Gasteiger partial charge in [0.1, 0.15) is 16.4 Å². The molecule has 1 heterocycles. The van der Waals surface area contributed by atoms with Crippen LogP contribution in [0.4, 0.5) is 0 Å². The van der Waals surface area contributed by atoms with Gasteiger partial charge in [-0.15, -0.1) is 11.3 Å². The van der Waals surface area contributed by atoms with Crippen molar-refractivity contribution in [3.8, 4) is 11.5 Å². The number of amides is 1. The number of carbonyl (C=O) groups is 2. The summed E-state index contributed by atoms with van der Waals surface area (Å²) in [4.78, 5) is 25.0. The summed E-state index contributed by atoms with van der Waals surface area (Å²) < 4.78 is 11.6. The molecule has 0 saturated carbocycles. The van der Waals surface area contributed by atoms with Gasteiger partial charge in [0.25, 0.3) is 0 Å². The quantitative estimate of drug-likeness (QED) is 0.0690. The number of nitrogens with one attached hydrogen (secondary N) is 1. The van der Waals surface area contributed by atoms with E-state index in [4.69, 9.17) is 21.1 Å². The monoisotopic (exact) mass is 542 g/mol. The Hall–Kier alpha value is -2.90. The lowest BCUT2D eigenvalue weighted by Gasteiger charge is -2.04. The molecule has 0 saturated heterocycles. The molecule has 0 aliphatic carbocycles. The van der Waals surface area contributed by atoms with Gasteiger partial charge >= 0.3 is 5.97 Å². The maximum absolute atomic E-state index is 12.7. The largest absolute Gasteiger partial charge is 0.497 e. The third kappa shape index (κ3) is 9.17. The van der Waals surface area contributed by atoms with Gasteiger partial charge in [0.2, 0.25) is 5.91 Å². The number of nitrogens with zero attached hydrogens (tertiary/aromatic N) is 1. The second-order valence-electron chi connectivity index (χ2n) is 8.94. The first-order valence-corrected chi connectivity index (χ1v) is 14.1. The summed E-state index contributed by atoms with van der Waals surface area (Å²) in [7, 11) is 1.59. The fraction of sp³-hybridized carbons (Fsp3) is 0.414. The van der Waals surface area contributed by atoms with Gasteiger partial charge in [-0.2, -0.15) is 5.10 Å². The van der Waals surface area contributed by atoms with Crippen LogP contribution in [-0.4, -0.2) is 25.2 Å². The van der Waals surface area contributed by atoms with E-state index in [1.807, 2.05) is 12.1 Å². The highest BCUT2D eigenvalue weighted by Crippen LogP contribution is 2.37. The van der Waals surface area contributed by atoms with Gasteiger partial charge in [-0.1, -0.05) is 69.9 Å². The number of esters is 1. The van der Waals surface area contributed by atoms with Crippen molar-refractivity contribution in [1.82, 2.24) is 5.43 Å². The van der Waals surface area contributed by atoms with Gasteiger partial charge < -0.3 is 9.47 Å². The highest BCUT2D eigenvalue weighted by Gasteiger charge is 2.19. The van der Waals surface area contributed by atoms with Crippen LogP contribution in [0.25, 0.3) is 10.1 Å². The number of thiophene rings is 1. The highest BCUT2D eigenvalue weighted by atomic mass is 35.5. The summed E-state index contributed by atoms with van der Waals surface area (Å²) in [6.45, 7) is 2.23. The molecule has 3 aromatic rings. The molecule has 3 rings (SSSR count). The van der Waals surface area contributed by atoms with Gasteiger partial charge in [-0.05, 0) is 54.4 Å². The van der Waals surface area contributed by atoms with Crippen LogP contribution in [0.2, 0.25) is 5.02 Å². The average molecular weight is 543 g/mol.